The van der Waals surface area contributed by atoms with Gasteiger partial charge in [-0.3, -0.25) is 4.79 Å². The Kier molecular flexibility index (Phi) is 3.09. The van der Waals surface area contributed by atoms with Gasteiger partial charge in [-0.1, -0.05) is 0 Å². The van der Waals surface area contributed by atoms with Crippen molar-refractivity contribution in [2.45, 2.75) is 19.4 Å². The van der Waals surface area contributed by atoms with E-state index in [4.69, 9.17) is 9.68 Å². The lowest BCUT2D eigenvalue weighted by molar-refractivity contribution is -0.120. The minimum atomic E-state index is -0.267. The third-order valence-corrected chi connectivity index (χ3v) is 1.66. The number of hydrogen-bond acceptors (Lipinski definition) is 3. The second-order valence-corrected chi connectivity index (χ2v) is 2.68. The van der Waals surface area contributed by atoms with Crippen LogP contribution in [0.15, 0.2) is 23.0 Å². The van der Waals surface area contributed by atoms with Crippen molar-refractivity contribution < 1.29 is 9.21 Å². The maximum atomic E-state index is 11.0. The molecule has 1 heterocycles. The van der Waals surface area contributed by atoms with E-state index in [1.54, 1.807) is 24.7 Å². The van der Waals surface area contributed by atoms with Gasteiger partial charge < -0.3 is 9.73 Å². The van der Waals surface area contributed by atoms with E-state index in [1.165, 1.54) is 0 Å². The zero-order valence-electron chi connectivity index (χ0n) is 7.28. The molecule has 4 nitrogen and oxygen atoms in total. The van der Waals surface area contributed by atoms with Gasteiger partial charge in [0, 0.05) is 5.56 Å². The second kappa shape index (κ2) is 4.31. The zero-order chi connectivity index (χ0) is 9.68. The molecule has 13 heavy (non-hydrogen) atoms. The van der Waals surface area contributed by atoms with Crippen LogP contribution in [0.5, 0.6) is 0 Å². The topological polar surface area (TPSA) is 66.0 Å². The van der Waals surface area contributed by atoms with E-state index in [0.29, 0.717) is 0 Å². The number of amides is 1. The van der Waals surface area contributed by atoms with Gasteiger partial charge in [-0.15, -0.1) is 0 Å². The van der Waals surface area contributed by atoms with Crippen LogP contribution in [0.1, 0.15) is 24.9 Å². The van der Waals surface area contributed by atoms with Crippen LogP contribution >= 0.6 is 0 Å². The van der Waals surface area contributed by atoms with E-state index in [1.807, 2.05) is 6.92 Å². The molecule has 1 rings (SSSR count). The van der Waals surface area contributed by atoms with Crippen LogP contribution in [0.3, 0.4) is 0 Å². The van der Waals surface area contributed by atoms with Crippen molar-refractivity contribution in [3.63, 3.8) is 0 Å². The van der Waals surface area contributed by atoms with Gasteiger partial charge in [-0.05, 0) is 13.0 Å². The van der Waals surface area contributed by atoms with Gasteiger partial charge in [0.25, 0.3) is 0 Å². The molecule has 1 aromatic heterocycles. The molecule has 0 spiro atoms. The predicted molar refractivity (Wildman–Crippen MR) is 45.5 cm³/mol. The number of nitrogens with one attached hydrogen (secondary N) is 1. The summed E-state index contributed by atoms with van der Waals surface area (Å²) in [5.74, 6) is -0.267. The molecule has 4 heteroatoms. The molecule has 0 saturated heterocycles. The molecular formula is C9H10N2O2. The van der Waals surface area contributed by atoms with Crippen molar-refractivity contribution in [2.75, 3.05) is 0 Å². The molecule has 0 radical (unpaired) electrons. The van der Waals surface area contributed by atoms with E-state index >= 15 is 0 Å². The highest BCUT2D eigenvalue weighted by molar-refractivity contribution is 5.78. The highest BCUT2D eigenvalue weighted by atomic mass is 16.3. The highest BCUT2D eigenvalue weighted by Crippen LogP contribution is 2.11. The molecule has 0 saturated carbocycles. The first-order valence-electron chi connectivity index (χ1n) is 3.92. The molecule has 1 atom stereocenters. The van der Waals surface area contributed by atoms with Crippen molar-refractivity contribution in [1.82, 2.24) is 5.32 Å². The smallest absolute Gasteiger partial charge is 0.234 e. The summed E-state index contributed by atoms with van der Waals surface area (Å²) in [5.41, 5.74) is 0.895. The summed E-state index contributed by atoms with van der Waals surface area (Å²) in [4.78, 5) is 11.0. The van der Waals surface area contributed by atoms with E-state index in [9.17, 15) is 4.79 Å². The fraction of sp³-hybridized carbons (Fsp3) is 0.333. The van der Waals surface area contributed by atoms with Gasteiger partial charge in [-0.2, -0.15) is 5.26 Å². The minimum absolute atomic E-state index is 0.109. The fourth-order valence-corrected chi connectivity index (χ4v) is 0.969. The number of rotatable bonds is 3. The number of nitriles is 1. The van der Waals surface area contributed by atoms with Crippen LogP contribution in [0.2, 0.25) is 0 Å². The molecule has 0 aliphatic rings. The molecule has 1 N–H and O–H groups in total. The van der Waals surface area contributed by atoms with Crippen molar-refractivity contribution in [1.29, 1.82) is 5.26 Å². The van der Waals surface area contributed by atoms with Gasteiger partial charge >= 0.3 is 0 Å². The third kappa shape index (κ3) is 2.64. The molecule has 0 aliphatic carbocycles. The molecule has 1 aromatic rings. The molecule has 0 aromatic carbocycles. The lowest BCUT2D eigenvalue weighted by Gasteiger charge is -2.09. The lowest BCUT2D eigenvalue weighted by atomic mass is 10.2. The summed E-state index contributed by atoms with van der Waals surface area (Å²) in [6.45, 7) is 1.83. The molecule has 1 amide bonds. The maximum Gasteiger partial charge on any atom is 0.234 e. The normalized spacial score (nSPS) is 11.7. The van der Waals surface area contributed by atoms with Crippen LogP contribution in [0.25, 0.3) is 0 Å². The highest BCUT2D eigenvalue weighted by Gasteiger charge is 2.09. The summed E-state index contributed by atoms with van der Waals surface area (Å²) in [5, 5.41) is 10.9. The Morgan fingerprint density at radius 2 is 2.62 bits per heavy atom. The molecule has 68 valence electrons. The maximum absolute atomic E-state index is 11.0. The van der Waals surface area contributed by atoms with Gasteiger partial charge in [0.2, 0.25) is 5.91 Å². The summed E-state index contributed by atoms with van der Waals surface area (Å²) in [6, 6.07) is 3.45. The Morgan fingerprint density at radius 1 is 1.85 bits per heavy atom. The van der Waals surface area contributed by atoms with Crippen LogP contribution in [0, 0.1) is 11.3 Å². The SMILES string of the molecule is CC(NC(=O)CC#N)c1ccoc1. The standard InChI is InChI=1S/C9H10N2O2/c1-7(8-3-5-13-6-8)11-9(12)2-4-10/h3,5-7H,2H2,1H3,(H,11,12). The summed E-state index contributed by atoms with van der Waals surface area (Å²) < 4.78 is 4.86. The number of furan rings is 1. The van der Waals surface area contributed by atoms with Crippen molar-refractivity contribution in [3.05, 3.63) is 24.2 Å². The van der Waals surface area contributed by atoms with Crippen LogP contribution in [-0.2, 0) is 4.79 Å². The number of nitrogens with zero attached hydrogens (tertiary/aromatic N) is 1. The summed E-state index contributed by atoms with van der Waals surface area (Å²) in [6.07, 6.45) is 3.00. The van der Waals surface area contributed by atoms with Crippen molar-refractivity contribution in [3.8, 4) is 6.07 Å². The minimum Gasteiger partial charge on any atom is -0.472 e. The van der Waals surface area contributed by atoms with E-state index in [2.05, 4.69) is 5.32 Å². The van der Waals surface area contributed by atoms with E-state index in [0.717, 1.165) is 5.56 Å². The Morgan fingerprint density at radius 3 is 3.15 bits per heavy atom. The zero-order valence-corrected chi connectivity index (χ0v) is 7.28. The molecule has 0 fully saturated rings. The van der Waals surface area contributed by atoms with Crippen molar-refractivity contribution in [2.24, 2.45) is 0 Å². The third-order valence-electron chi connectivity index (χ3n) is 1.66. The van der Waals surface area contributed by atoms with Gasteiger partial charge in [0.15, 0.2) is 0 Å². The Hall–Kier alpha value is -1.76. The first kappa shape index (κ1) is 9.33. The van der Waals surface area contributed by atoms with Gasteiger partial charge in [0.1, 0.15) is 6.42 Å². The fourth-order valence-electron chi connectivity index (χ4n) is 0.969. The monoisotopic (exact) mass is 178 g/mol. The molecule has 0 bridgehead atoms. The molecular weight excluding hydrogens is 168 g/mol. The summed E-state index contributed by atoms with van der Waals surface area (Å²) >= 11 is 0. The van der Waals surface area contributed by atoms with E-state index < -0.39 is 0 Å². The van der Waals surface area contributed by atoms with Crippen LogP contribution in [-0.4, -0.2) is 5.91 Å². The number of carbonyl (C=O) groups excluding carboxylic acids is 1. The first-order chi connectivity index (χ1) is 6.24. The number of hydrogen-bond donors (Lipinski definition) is 1. The largest absolute Gasteiger partial charge is 0.472 e. The quantitative estimate of drug-likeness (QED) is 0.760. The van der Waals surface area contributed by atoms with E-state index in [-0.39, 0.29) is 18.4 Å². The Bertz CT molecular complexity index is 311. The van der Waals surface area contributed by atoms with Gasteiger partial charge in [-0.25, -0.2) is 0 Å². The molecule has 0 aliphatic heterocycles. The average Bonchev–Trinajstić information content (AvgIpc) is 2.55. The Balaban J connectivity index is 2.47. The van der Waals surface area contributed by atoms with Crippen molar-refractivity contribution >= 4 is 5.91 Å². The number of carbonyl (C=O) groups is 1. The Labute approximate surface area is 76.2 Å². The summed E-state index contributed by atoms with van der Waals surface area (Å²) in [7, 11) is 0. The van der Waals surface area contributed by atoms with Crippen LogP contribution < -0.4 is 5.32 Å². The second-order valence-electron chi connectivity index (χ2n) is 2.68. The first-order valence-corrected chi connectivity index (χ1v) is 3.92. The molecule has 1 unspecified atom stereocenters. The lowest BCUT2D eigenvalue weighted by Crippen LogP contribution is -2.25. The average molecular weight is 178 g/mol. The van der Waals surface area contributed by atoms with Gasteiger partial charge in [0.05, 0.1) is 24.6 Å². The predicted octanol–water partition coefficient (Wildman–Crippen LogP) is 1.37. The van der Waals surface area contributed by atoms with Crippen LogP contribution in [0.4, 0.5) is 0 Å².